The van der Waals surface area contributed by atoms with Crippen molar-refractivity contribution in [3.8, 4) is 5.75 Å². The molecule has 0 radical (unpaired) electrons. The second kappa shape index (κ2) is 8.22. The van der Waals surface area contributed by atoms with Gasteiger partial charge in [-0.2, -0.15) is 13.2 Å². The fourth-order valence-corrected chi connectivity index (χ4v) is 4.96. The Morgan fingerprint density at radius 3 is 2.39 bits per heavy atom. The molecule has 3 saturated carbocycles. The van der Waals surface area contributed by atoms with E-state index in [1.165, 1.54) is 12.1 Å². The summed E-state index contributed by atoms with van der Waals surface area (Å²) in [5, 5.41) is 5.44. The van der Waals surface area contributed by atoms with Gasteiger partial charge in [0, 0.05) is 23.2 Å². The summed E-state index contributed by atoms with van der Waals surface area (Å²) in [6.45, 7) is -0.343. The Bertz CT molecular complexity index is 1450. The van der Waals surface area contributed by atoms with Crippen LogP contribution in [0.5, 0.6) is 5.75 Å². The molecular formula is C24H17ClF4N2O5. The van der Waals surface area contributed by atoms with Crippen LogP contribution in [0.4, 0.5) is 17.6 Å². The molecule has 3 aliphatic carbocycles. The van der Waals surface area contributed by atoms with Crippen molar-refractivity contribution in [2.45, 2.75) is 36.5 Å². The summed E-state index contributed by atoms with van der Waals surface area (Å²) in [5.74, 6) is -2.09. The number of fused-ring (bicyclic) bond motifs is 1. The normalized spacial score (nSPS) is 22.4. The summed E-state index contributed by atoms with van der Waals surface area (Å²) in [6.07, 6.45) is -3.37. The molecular weight excluding hydrogens is 508 g/mol. The smallest absolute Gasteiger partial charge is 0.416 e. The lowest BCUT2D eigenvalue weighted by atomic mass is 9.44. The molecule has 2 bridgehead atoms. The molecule has 0 saturated heterocycles. The van der Waals surface area contributed by atoms with Crippen LogP contribution in [0, 0.1) is 5.82 Å². The predicted molar refractivity (Wildman–Crippen MR) is 119 cm³/mol. The molecule has 2 aromatic carbocycles. The first-order valence-electron chi connectivity index (χ1n) is 10.7. The molecule has 3 fully saturated rings. The Kier molecular flexibility index (Phi) is 5.51. The first-order chi connectivity index (χ1) is 16.9. The highest BCUT2D eigenvalue weighted by Gasteiger charge is 2.69. The third kappa shape index (κ3) is 4.39. The average Bonchev–Trinajstić information content (AvgIpc) is 2.76. The maximum Gasteiger partial charge on any atom is 0.416 e. The molecule has 1 heterocycles. The molecule has 7 nitrogen and oxygen atoms in total. The van der Waals surface area contributed by atoms with Gasteiger partial charge in [0.25, 0.3) is 11.8 Å². The first-order valence-corrected chi connectivity index (χ1v) is 11.1. The number of carbonyl (C=O) groups is 2. The summed E-state index contributed by atoms with van der Waals surface area (Å²) in [5.41, 5.74) is -3.13. The standard InChI is InChI=1S/C24H17ClF4N2O5/c25-15-4-2-13(6-16(15)26)35-8-20(33)30-22-9-23(10-22,11-22)31-21(34)19-7-17(32)14-3-1-12(24(27,28)29)5-18(14)36-19/h1-7H,8-11H2,(H,30,33)(H,31,34). The lowest BCUT2D eigenvalue weighted by Crippen LogP contribution is -2.84. The second-order valence-electron chi connectivity index (χ2n) is 9.14. The fourth-order valence-electron chi connectivity index (χ4n) is 4.85. The zero-order chi connectivity index (χ0) is 25.9. The Morgan fingerprint density at radius 1 is 1.03 bits per heavy atom. The third-order valence-corrected chi connectivity index (χ3v) is 6.66. The lowest BCUT2D eigenvalue weighted by Gasteiger charge is -2.70. The van der Waals surface area contributed by atoms with Crippen LogP contribution < -0.4 is 20.8 Å². The van der Waals surface area contributed by atoms with E-state index in [-0.39, 0.29) is 28.3 Å². The van der Waals surface area contributed by atoms with Gasteiger partial charge in [0.2, 0.25) is 0 Å². The summed E-state index contributed by atoms with van der Waals surface area (Å²) in [7, 11) is 0. The molecule has 6 rings (SSSR count). The van der Waals surface area contributed by atoms with Crippen LogP contribution in [0.15, 0.2) is 51.7 Å². The minimum absolute atomic E-state index is 0.0676. The highest BCUT2D eigenvalue weighted by atomic mass is 35.5. The van der Waals surface area contributed by atoms with Crippen LogP contribution in [-0.2, 0) is 11.0 Å². The monoisotopic (exact) mass is 524 g/mol. The van der Waals surface area contributed by atoms with Gasteiger partial charge in [-0.15, -0.1) is 0 Å². The van der Waals surface area contributed by atoms with E-state index in [1.807, 2.05) is 0 Å². The second-order valence-corrected chi connectivity index (χ2v) is 9.55. The molecule has 3 aliphatic rings. The van der Waals surface area contributed by atoms with Gasteiger partial charge < -0.3 is 19.8 Å². The molecule has 0 atom stereocenters. The molecule has 3 aromatic rings. The van der Waals surface area contributed by atoms with Crippen LogP contribution >= 0.6 is 11.6 Å². The summed E-state index contributed by atoms with van der Waals surface area (Å²) in [4.78, 5) is 37.2. The fraction of sp³-hybridized carbons (Fsp3) is 0.292. The van der Waals surface area contributed by atoms with Crippen molar-refractivity contribution in [3.63, 3.8) is 0 Å². The van der Waals surface area contributed by atoms with Gasteiger partial charge in [-0.1, -0.05) is 11.6 Å². The quantitative estimate of drug-likeness (QED) is 0.471. The number of halogens is 5. The van der Waals surface area contributed by atoms with E-state index in [2.05, 4.69) is 10.6 Å². The predicted octanol–water partition coefficient (Wildman–Crippen LogP) is 4.20. The number of carbonyl (C=O) groups excluding carboxylic acids is 2. The number of nitrogens with one attached hydrogen (secondary N) is 2. The van der Waals surface area contributed by atoms with Crippen molar-refractivity contribution < 1.29 is 36.3 Å². The minimum Gasteiger partial charge on any atom is -0.484 e. The minimum atomic E-state index is -4.63. The number of amides is 2. The summed E-state index contributed by atoms with van der Waals surface area (Å²) < 4.78 is 63.0. The van der Waals surface area contributed by atoms with Crippen LogP contribution in [0.2, 0.25) is 5.02 Å². The maximum absolute atomic E-state index is 13.5. The molecule has 1 aromatic heterocycles. The zero-order valence-corrected chi connectivity index (χ0v) is 19.1. The Balaban J connectivity index is 1.18. The highest BCUT2D eigenvalue weighted by Crippen LogP contribution is 2.60. The summed E-state index contributed by atoms with van der Waals surface area (Å²) >= 11 is 5.60. The maximum atomic E-state index is 13.5. The third-order valence-electron chi connectivity index (χ3n) is 6.35. The van der Waals surface area contributed by atoms with Crippen LogP contribution in [-0.4, -0.2) is 29.5 Å². The van der Waals surface area contributed by atoms with Gasteiger partial charge >= 0.3 is 6.18 Å². The van der Waals surface area contributed by atoms with Crippen LogP contribution in [0.1, 0.15) is 35.4 Å². The van der Waals surface area contributed by atoms with E-state index in [9.17, 15) is 31.9 Å². The van der Waals surface area contributed by atoms with Gasteiger partial charge in [-0.3, -0.25) is 14.4 Å². The number of ether oxygens (including phenoxy) is 1. The Labute approximate surface area is 205 Å². The first kappa shape index (κ1) is 24.1. The van der Waals surface area contributed by atoms with Crippen LogP contribution in [0.3, 0.4) is 0 Å². The molecule has 2 N–H and O–H groups in total. The Hall–Kier alpha value is -3.60. The number of rotatable bonds is 6. The van der Waals surface area contributed by atoms with Gasteiger partial charge in [0.15, 0.2) is 17.8 Å². The molecule has 0 spiro atoms. The Morgan fingerprint density at radius 2 is 1.72 bits per heavy atom. The van der Waals surface area contributed by atoms with E-state index in [1.54, 1.807) is 0 Å². The number of benzene rings is 2. The van der Waals surface area contributed by atoms with Crippen molar-refractivity contribution in [2.75, 3.05) is 6.61 Å². The largest absolute Gasteiger partial charge is 0.484 e. The molecule has 0 unspecified atom stereocenters. The number of hydrogen-bond acceptors (Lipinski definition) is 5. The SMILES string of the molecule is O=C(COc1ccc(Cl)c(F)c1)NC12CC(NC(=O)c3cc(=O)c4ccc(C(F)(F)F)cc4o3)(C1)C2. The number of hydrogen-bond donors (Lipinski definition) is 2. The van der Waals surface area contributed by atoms with E-state index in [0.29, 0.717) is 25.3 Å². The topological polar surface area (TPSA) is 97.6 Å². The average molecular weight is 525 g/mol. The van der Waals surface area contributed by atoms with Crippen molar-refractivity contribution in [2.24, 2.45) is 0 Å². The molecule has 2 amide bonds. The van der Waals surface area contributed by atoms with E-state index < -0.39 is 51.6 Å². The van der Waals surface area contributed by atoms with Crippen molar-refractivity contribution in [3.05, 3.63) is 74.9 Å². The number of alkyl halides is 3. The van der Waals surface area contributed by atoms with Crippen LogP contribution in [0.25, 0.3) is 11.0 Å². The summed E-state index contributed by atoms with van der Waals surface area (Å²) in [6, 6.07) is 7.20. The van der Waals surface area contributed by atoms with Crippen molar-refractivity contribution in [1.82, 2.24) is 10.6 Å². The van der Waals surface area contributed by atoms with Crippen molar-refractivity contribution in [1.29, 1.82) is 0 Å². The molecule has 12 heteroatoms. The van der Waals surface area contributed by atoms with E-state index >= 15 is 0 Å². The lowest BCUT2D eigenvalue weighted by molar-refractivity contribution is -0.141. The molecule has 188 valence electrons. The van der Waals surface area contributed by atoms with Crippen molar-refractivity contribution >= 4 is 34.4 Å². The zero-order valence-electron chi connectivity index (χ0n) is 18.3. The van der Waals surface area contributed by atoms with E-state index in [0.717, 1.165) is 24.3 Å². The van der Waals surface area contributed by atoms with Gasteiger partial charge in [-0.25, -0.2) is 4.39 Å². The van der Waals surface area contributed by atoms with E-state index in [4.69, 9.17) is 20.8 Å². The molecule has 36 heavy (non-hydrogen) atoms. The van der Waals surface area contributed by atoms with Gasteiger partial charge in [0.05, 0.1) is 16.0 Å². The molecule has 0 aliphatic heterocycles. The van der Waals surface area contributed by atoms with Gasteiger partial charge in [-0.05, 0) is 49.6 Å². The highest BCUT2D eigenvalue weighted by molar-refractivity contribution is 6.30. The van der Waals surface area contributed by atoms with Gasteiger partial charge in [0.1, 0.15) is 17.1 Å².